The predicted octanol–water partition coefficient (Wildman–Crippen LogP) is -0.935. The van der Waals surface area contributed by atoms with Crippen LogP contribution in [-0.4, -0.2) is 39.6 Å². The van der Waals surface area contributed by atoms with Crippen molar-refractivity contribution in [3.8, 4) is 0 Å². The highest BCUT2D eigenvalue weighted by Crippen LogP contribution is 2.27. The zero-order valence-corrected chi connectivity index (χ0v) is 10.3. The van der Waals surface area contributed by atoms with E-state index >= 15 is 0 Å². The molecule has 0 radical (unpaired) electrons. The number of nitrogens with one attached hydrogen (secondary N) is 1. The number of hydrogen-bond donors (Lipinski definition) is 2. The largest absolute Gasteiger partial charge is 0.397 e. The molecule has 2 aliphatic heterocycles. The maximum absolute atomic E-state index is 12.2. The summed E-state index contributed by atoms with van der Waals surface area (Å²) in [5, 5.41) is 2.12. The van der Waals surface area contributed by atoms with Gasteiger partial charge >= 0.3 is 0 Å². The summed E-state index contributed by atoms with van der Waals surface area (Å²) in [6.07, 6.45) is 1.48. The Kier molecular flexibility index (Phi) is 2.53. The molecule has 2 aliphatic rings. The minimum Gasteiger partial charge on any atom is -0.397 e. The van der Waals surface area contributed by atoms with Crippen LogP contribution in [-0.2, 0) is 9.59 Å². The molecule has 3 N–H and O–H groups in total. The lowest BCUT2D eigenvalue weighted by Crippen LogP contribution is -2.54. The van der Waals surface area contributed by atoms with Gasteiger partial charge in [0.2, 0.25) is 11.8 Å². The number of carbonyl (C=O) groups excluding carboxylic acids is 4. The van der Waals surface area contributed by atoms with Crippen LogP contribution in [0.1, 0.15) is 33.7 Å². The fourth-order valence-corrected chi connectivity index (χ4v) is 2.36. The number of amides is 4. The van der Waals surface area contributed by atoms with E-state index < -0.39 is 29.7 Å². The Morgan fingerprint density at radius 2 is 2.00 bits per heavy atom. The Morgan fingerprint density at radius 1 is 1.25 bits per heavy atom. The smallest absolute Gasteiger partial charge is 0.280 e. The second-order valence-corrected chi connectivity index (χ2v) is 4.61. The summed E-state index contributed by atoms with van der Waals surface area (Å²) < 4.78 is 0. The van der Waals surface area contributed by atoms with E-state index in [0.29, 0.717) is 0 Å². The van der Waals surface area contributed by atoms with Crippen molar-refractivity contribution in [1.82, 2.24) is 15.2 Å². The number of hydrogen-bond acceptors (Lipinski definition) is 6. The molecule has 3 heterocycles. The molecule has 20 heavy (non-hydrogen) atoms. The van der Waals surface area contributed by atoms with Gasteiger partial charge in [0.15, 0.2) is 0 Å². The number of piperidine rings is 1. The summed E-state index contributed by atoms with van der Waals surface area (Å²) in [5.74, 6) is -2.31. The maximum Gasteiger partial charge on any atom is 0.280 e. The van der Waals surface area contributed by atoms with Crippen LogP contribution in [0.4, 0.5) is 5.69 Å². The van der Waals surface area contributed by atoms with Gasteiger partial charge in [-0.3, -0.25) is 29.4 Å². The summed E-state index contributed by atoms with van der Waals surface area (Å²) in [6.45, 7) is 0. The fraction of sp³-hybridized carbons (Fsp3) is 0.250. The average Bonchev–Trinajstić information content (AvgIpc) is 2.63. The number of nitrogen functional groups attached to an aromatic ring is 1. The van der Waals surface area contributed by atoms with Gasteiger partial charge in [0.1, 0.15) is 11.7 Å². The summed E-state index contributed by atoms with van der Waals surface area (Å²) in [5.41, 5.74) is 5.86. The first-order chi connectivity index (χ1) is 9.49. The fourth-order valence-electron chi connectivity index (χ4n) is 2.36. The Morgan fingerprint density at radius 3 is 2.70 bits per heavy atom. The molecule has 8 nitrogen and oxygen atoms in total. The van der Waals surface area contributed by atoms with Crippen molar-refractivity contribution in [2.75, 3.05) is 5.73 Å². The number of carbonyl (C=O) groups is 4. The molecule has 3 rings (SSSR count). The van der Waals surface area contributed by atoms with Crippen LogP contribution in [0.3, 0.4) is 0 Å². The molecular weight excluding hydrogens is 264 g/mol. The molecule has 1 saturated heterocycles. The molecule has 0 saturated carbocycles. The lowest BCUT2D eigenvalue weighted by atomic mass is 10.0. The van der Waals surface area contributed by atoms with E-state index in [1.54, 1.807) is 0 Å². The average molecular weight is 274 g/mol. The molecule has 1 unspecified atom stereocenters. The third-order valence-electron chi connectivity index (χ3n) is 3.30. The number of aromatic nitrogens is 1. The molecule has 1 fully saturated rings. The second-order valence-electron chi connectivity index (χ2n) is 4.61. The minimum absolute atomic E-state index is 0.0195. The van der Waals surface area contributed by atoms with Gasteiger partial charge in [0.05, 0.1) is 17.4 Å². The number of rotatable bonds is 1. The van der Waals surface area contributed by atoms with Crippen molar-refractivity contribution < 1.29 is 19.2 Å². The minimum atomic E-state index is -0.983. The third-order valence-corrected chi connectivity index (χ3v) is 3.30. The zero-order chi connectivity index (χ0) is 14.4. The predicted molar refractivity (Wildman–Crippen MR) is 65.3 cm³/mol. The van der Waals surface area contributed by atoms with Gasteiger partial charge in [-0.1, -0.05) is 0 Å². The van der Waals surface area contributed by atoms with Crippen molar-refractivity contribution in [3.05, 3.63) is 23.5 Å². The first-order valence-corrected chi connectivity index (χ1v) is 5.96. The van der Waals surface area contributed by atoms with Crippen LogP contribution in [0.15, 0.2) is 12.3 Å². The SMILES string of the molecule is Nc1cnc2c(c1)C(=O)N(C1CCC(=O)NC1=O)C2=O. The van der Waals surface area contributed by atoms with Crippen molar-refractivity contribution >= 4 is 29.3 Å². The number of nitrogens with two attached hydrogens (primary N) is 1. The molecule has 1 atom stereocenters. The molecule has 1 aromatic rings. The van der Waals surface area contributed by atoms with Crippen molar-refractivity contribution in [1.29, 1.82) is 0 Å². The molecule has 0 spiro atoms. The number of pyridine rings is 1. The highest BCUT2D eigenvalue weighted by molar-refractivity contribution is 6.22. The maximum atomic E-state index is 12.2. The first-order valence-electron chi connectivity index (χ1n) is 5.96. The van der Waals surface area contributed by atoms with Gasteiger partial charge in [-0.05, 0) is 12.5 Å². The van der Waals surface area contributed by atoms with Gasteiger partial charge < -0.3 is 5.73 Å². The summed E-state index contributed by atoms with van der Waals surface area (Å²) >= 11 is 0. The van der Waals surface area contributed by atoms with Crippen LogP contribution in [0.25, 0.3) is 0 Å². The van der Waals surface area contributed by atoms with Crippen molar-refractivity contribution in [2.45, 2.75) is 18.9 Å². The van der Waals surface area contributed by atoms with E-state index in [4.69, 9.17) is 5.73 Å². The van der Waals surface area contributed by atoms with E-state index in [1.165, 1.54) is 12.3 Å². The topological polar surface area (TPSA) is 122 Å². The van der Waals surface area contributed by atoms with Crippen LogP contribution in [0, 0.1) is 0 Å². The Balaban J connectivity index is 1.97. The van der Waals surface area contributed by atoms with Crippen LogP contribution < -0.4 is 11.1 Å². The van der Waals surface area contributed by atoms with Gasteiger partial charge in [0.25, 0.3) is 11.8 Å². The zero-order valence-electron chi connectivity index (χ0n) is 10.3. The number of nitrogens with zero attached hydrogens (tertiary/aromatic N) is 2. The van der Waals surface area contributed by atoms with Gasteiger partial charge in [0, 0.05) is 6.42 Å². The quantitative estimate of drug-likeness (QED) is 0.637. The first kappa shape index (κ1) is 12.3. The van der Waals surface area contributed by atoms with Crippen LogP contribution >= 0.6 is 0 Å². The summed E-state index contributed by atoms with van der Waals surface area (Å²) in [4.78, 5) is 52.0. The van der Waals surface area contributed by atoms with Crippen LogP contribution in [0.5, 0.6) is 0 Å². The van der Waals surface area contributed by atoms with Crippen LogP contribution in [0.2, 0.25) is 0 Å². The summed E-state index contributed by atoms with van der Waals surface area (Å²) in [7, 11) is 0. The number of anilines is 1. The molecule has 8 heteroatoms. The lowest BCUT2D eigenvalue weighted by molar-refractivity contribution is -0.136. The Labute approximate surface area is 112 Å². The van der Waals surface area contributed by atoms with Gasteiger partial charge in [-0.2, -0.15) is 0 Å². The standard InChI is InChI=1S/C12H10N4O4/c13-5-3-6-9(14-4-5)12(20)16(11(6)19)7-1-2-8(17)15-10(7)18/h3-4,7H,1-2,13H2,(H,15,17,18). The van der Waals surface area contributed by atoms with Gasteiger partial charge in [-0.15, -0.1) is 0 Å². The number of fused-ring (bicyclic) bond motifs is 1. The Hall–Kier alpha value is -2.77. The van der Waals surface area contributed by atoms with E-state index in [1.807, 2.05) is 0 Å². The molecule has 102 valence electrons. The molecular formula is C12H10N4O4. The molecule has 1 aromatic heterocycles. The number of imide groups is 2. The Bertz CT molecular complexity index is 669. The highest BCUT2D eigenvalue weighted by Gasteiger charge is 2.45. The van der Waals surface area contributed by atoms with Crippen molar-refractivity contribution in [3.63, 3.8) is 0 Å². The van der Waals surface area contributed by atoms with E-state index in [2.05, 4.69) is 10.3 Å². The molecule has 4 amide bonds. The highest BCUT2D eigenvalue weighted by atomic mass is 16.2. The molecule has 0 bridgehead atoms. The molecule has 0 aliphatic carbocycles. The molecule has 0 aromatic carbocycles. The lowest BCUT2D eigenvalue weighted by Gasteiger charge is -2.27. The van der Waals surface area contributed by atoms with Gasteiger partial charge in [-0.25, -0.2) is 4.98 Å². The second kappa shape index (κ2) is 4.12. The van der Waals surface area contributed by atoms with E-state index in [9.17, 15) is 19.2 Å². The van der Waals surface area contributed by atoms with E-state index in [-0.39, 0.29) is 29.8 Å². The van der Waals surface area contributed by atoms with Crippen molar-refractivity contribution in [2.24, 2.45) is 0 Å². The normalized spacial score (nSPS) is 22.0. The van der Waals surface area contributed by atoms with E-state index in [0.717, 1.165) is 4.90 Å². The third kappa shape index (κ3) is 1.65. The summed E-state index contributed by atoms with van der Waals surface area (Å²) in [6, 6.07) is 0.372. The monoisotopic (exact) mass is 274 g/mol.